The van der Waals surface area contributed by atoms with E-state index in [2.05, 4.69) is 81.0 Å². The van der Waals surface area contributed by atoms with E-state index in [1.807, 2.05) is 7.05 Å². The van der Waals surface area contributed by atoms with Gasteiger partial charge in [-0.3, -0.25) is 4.99 Å². The number of likely N-dealkylation sites (tertiary alicyclic amines) is 1. The van der Waals surface area contributed by atoms with Crippen molar-refractivity contribution in [1.82, 2.24) is 15.2 Å². The number of H-pyrrole nitrogens is 1. The van der Waals surface area contributed by atoms with Gasteiger partial charge in [0.1, 0.15) is 0 Å². The molecule has 2 N–H and O–H groups in total. The minimum absolute atomic E-state index is 0. The van der Waals surface area contributed by atoms with Gasteiger partial charge in [-0.25, -0.2) is 0 Å². The van der Waals surface area contributed by atoms with E-state index in [1.165, 1.54) is 28.5 Å². The van der Waals surface area contributed by atoms with Crippen molar-refractivity contribution < 1.29 is 0 Å². The van der Waals surface area contributed by atoms with Crippen LogP contribution in [0.15, 0.2) is 65.8 Å². The van der Waals surface area contributed by atoms with Gasteiger partial charge < -0.3 is 15.2 Å². The highest BCUT2D eigenvalue weighted by molar-refractivity contribution is 14.0. The van der Waals surface area contributed by atoms with Crippen LogP contribution in [0.25, 0.3) is 10.9 Å². The number of aliphatic imine (C=N–C) groups is 1. The summed E-state index contributed by atoms with van der Waals surface area (Å²) in [5.41, 5.74) is 4.06. The molecule has 0 amide bonds. The number of hydrogen-bond donors (Lipinski definition) is 2. The molecule has 1 saturated heterocycles. The molecule has 0 radical (unpaired) electrons. The summed E-state index contributed by atoms with van der Waals surface area (Å²) in [6.45, 7) is 3.06. The maximum atomic E-state index is 4.51. The van der Waals surface area contributed by atoms with E-state index in [9.17, 15) is 0 Å². The predicted octanol–water partition coefficient (Wildman–Crippen LogP) is 4.78. The van der Waals surface area contributed by atoms with Crippen molar-refractivity contribution in [2.24, 2.45) is 4.99 Å². The lowest BCUT2D eigenvalue weighted by Crippen LogP contribution is -2.40. The zero-order chi connectivity index (χ0) is 18.5. The highest BCUT2D eigenvalue weighted by Gasteiger charge is 2.25. The van der Waals surface area contributed by atoms with Gasteiger partial charge in [0, 0.05) is 49.7 Å². The van der Waals surface area contributed by atoms with Crippen LogP contribution in [0.3, 0.4) is 0 Å². The maximum Gasteiger partial charge on any atom is 0.193 e. The number of hydrogen-bond acceptors (Lipinski definition) is 1. The molecule has 0 bridgehead atoms. The highest BCUT2D eigenvalue weighted by atomic mass is 127. The molecule has 3 aromatic rings. The van der Waals surface area contributed by atoms with Crippen LogP contribution in [0, 0.1) is 0 Å². The second-order valence-corrected chi connectivity index (χ2v) is 7.28. The fourth-order valence-electron chi connectivity index (χ4n) is 4.10. The summed E-state index contributed by atoms with van der Waals surface area (Å²) in [4.78, 5) is 10.3. The topological polar surface area (TPSA) is 43.4 Å². The van der Waals surface area contributed by atoms with Crippen LogP contribution in [0.2, 0.25) is 0 Å². The van der Waals surface area contributed by atoms with Gasteiger partial charge in [0.2, 0.25) is 0 Å². The van der Waals surface area contributed by atoms with Gasteiger partial charge in [-0.05, 0) is 36.5 Å². The quantitative estimate of drug-likeness (QED) is 0.235. The number of aromatic nitrogens is 1. The molecule has 2 heterocycles. The van der Waals surface area contributed by atoms with Crippen molar-refractivity contribution >= 4 is 40.8 Å². The van der Waals surface area contributed by atoms with E-state index < -0.39 is 0 Å². The smallest absolute Gasteiger partial charge is 0.193 e. The zero-order valence-corrected chi connectivity index (χ0v) is 18.7. The summed E-state index contributed by atoms with van der Waals surface area (Å²) in [6, 6.07) is 19.4. The van der Waals surface area contributed by atoms with Gasteiger partial charge in [-0.15, -0.1) is 24.0 Å². The number of halogens is 1. The molecule has 2 aromatic carbocycles. The van der Waals surface area contributed by atoms with E-state index in [4.69, 9.17) is 0 Å². The zero-order valence-electron chi connectivity index (χ0n) is 16.4. The summed E-state index contributed by atoms with van der Waals surface area (Å²) in [7, 11) is 1.89. The largest absolute Gasteiger partial charge is 0.361 e. The highest BCUT2D eigenvalue weighted by Crippen LogP contribution is 2.26. The SMILES string of the molecule is CN=C(NCCCc1c[nH]c2ccccc12)N1CCC(c2ccccc2)C1.I. The molecule has 0 aliphatic carbocycles. The molecule has 1 unspecified atom stereocenters. The molecule has 1 aliphatic rings. The Balaban J connectivity index is 0.00000225. The third kappa shape index (κ3) is 4.69. The van der Waals surface area contributed by atoms with Crippen molar-refractivity contribution in [3.63, 3.8) is 0 Å². The molecular weight excluding hydrogens is 459 g/mol. The van der Waals surface area contributed by atoms with Crippen molar-refractivity contribution in [2.75, 3.05) is 26.7 Å². The predicted molar refractivity (Wildman–Crippen MR) is 129 cm³/mol. The number of benzene rings is 2. The van der Waals surface area contributed by atoms with Gasteiger partial charge in [0.05, 0.1) is 0 Å². The maximum absolute atomic E-state index is 4.51. The van der Waals surface area contributed by atoms with Crippen LogP contribution in [0.5, 0.6) is 0 Å². The third-order valence-corrected chi connectivity index (χ3v) is 5.55. The average molecular weight is 488 g/mol. The Bertz CT molecular complexity index is 903. The van der Waals surface area contributed by atoms with Gasteiger partial charge >= 0.3 is 0 Å². The van der Waals surface area contributed by atoms with Gasteiger partial charge in [0.25, 0.3) is 0 Å². The Hall–Kier alpha value is -2.02. The van der Waals surface area contributed by atoms with Crippen molar-refractivity contribution in [1.29, 1.82) is 0 Å². The first-order valence-electron chi connectivity index (χ1n) is 9.90. The molecule has 1 atom stereocenters. The molecule has 0 spiro atoms. The number of fused-ring (bicyclic) bond motifs is 1. The van der Waals surface area contributed by atoms with E-state index in [0.717, 1.165) is 38.4 Å². The first-order valence-corrected chi connectivity index (χ1v) is 9.90. The molecule has 28 heavy (non-hydrogen) atoms. The molecular formula is C23H29IN4. The van der Waals surface area contributed by atoms with Crippen LogP contribution >= 0.6 is 24.0 Å². The minimum atomic E-state index is 0. The molecule has 4 rings (SSSR count). The summed E-state index contributed by atoms with van der Waals surface area (Å²) in [5, 5.41) is 4.90. The Morgan fingerprint density at radius 1 is 1.14 bits per heavy atom. The number of aromatic amines is 1. The number of nitrogens with one attached hydrogen (secondary N) is 2. The van der Waals surface area contributed by atoms with Crippen LogP contribution in [-0.2, 0) is 6.42 Å². The average Bonchev–Trinajstić information content (AvgIpc) is 3.36. The van der Waals surface area contributed by atoms with Crippen LogP contribution < -0.4 is 5.32 Å². The van der Waals surface area contributed by atoms with Crippen molar-refractivity contribution in [3.8, 4) is 0 Å². The summed E-state index contributed by atoms with van der Waals surface area (Å²) in [5.74, 6) is 1.64. The Morgan fingerprint density at radius 3 is 2.75 bits per heavy atom. The molecule has 148 valence electrons. The number of aryl methyl sites for hydroxylation is 1. The van der Waals surface area contributed by atoms with E-state index in [1.54, 1.807) is 0 Å². The van der Waals surface area contributed by atoms with Gasteiger partial charge in [0.15, 0.2) is 5.96 Å². The molecule has 0 saturated carbocycles. The fourth-order valence-corrected chi connectivity index (χ4v) is 4.10. The molecule has 1 fully saturated rings. The monoisotopic (exact) mass is 488 g/mol. The molecule has 5 heteroatoms. The number of para-hydroxylation sites is 1. The summed E-state index contributed by atoms with van der Waals surface area (Å²) in [6.07, 6.45) is 5.50. The third-order valence-electron chi connectivity index (χ3n) is 5.55. The number of guanidine groups is 1. The van der Waals surface area contributed by atoms with Crippen molar-refractivity contribution in [3.05, 3.63) is 71.9 Å². The van der Waals surface area contributed by atoms with E-state index in [0.29, 0.717) is 5.92 Å². The van der Waals surface area contributed by atoms with Gasteiger partial charge in [-0.1, -0.05) is 48.5 Å². The number of nitrogens with zero attached hydrogens (tertiary/aromatic N) is 2. The summed E-state index contributed by atoms with van der Waals surface area (Å²) < 4.78 is 0. The van der Waals surface area contributed by atoms with Crippen LogP contribution in [0.4, 0.5) is 0 Å². The second-order valence-electron chi connectivity index (χ2n) is 7.28. The summed E-state index contributed by atoms with van der Waals surface area (Å²) >= 11 is 0. The molecule has 1 aliphatic heterocycles. The lowest BCUT2D eigenvalue weighted by molar-refractivity contribution is 0.485. The number of rotatable bonds is 5. The standard InChI is InChI=1S/C23H28N4.HI/c1-24-23(27-15-13-20(17-27)18-8-3-2-4-9-18)25-14-7-10-19-16-26-22-12-6-5-11-21(19)22;/h2-6,8-9,11-12,16,20,26H,7,10,13-15,17H2,1H3,(H,24,25);1H. The Labute approximate surface area is 184 Å². The second kappa shape index (κ2) is 9.96. The minimum Gasteiger partial charge on any atom is -0.361 e. The van der Waals surface area contributed by atoms with Crippen LogP contribution in [-0.4, -0.2) is 42.5 Å². The fraction of sp³-hybridized carbons (Fsp3) is 0.348. The Morgan fingerprint density at radius 2 is 1.93 bits per heavy atom. The Kier molecular flexibility index (Phi) is 7.36. The molecule has 4 nitrogen and oxygen atoms in total. The van der Waals surface area contributed by atoms with Crippen LogP contribution in [0.1, 0.15) is 29.9 Å². The normalized spacial score (nSPS) is 17.0. The first-order chi connectivity index (χ1) is 13.3. The van der Waals surface area contributed by atoms with Gasteiger partial charge in [-0.2, -0.15) is 0 Å². The van der Waals surface area contributed by atoms with E-state index in [-0.39, 0.29) is 24.0 Å². The molecule has 1 aromatic heterocycles. The van der Waals surface area contributed by atoms with Crippen molar-refractivity contribution in [2.45, 2.75) is 25.2 Å². The van der Waals surface area contributed by atoms with E-state index >= 15 is 0 Å². The lowest BCUT2D eigenvalue weighted by Gasteiger charge is -2.21. The lowest BCUT2D eigenvalue weighted by atomic mass is 9.99. The first kappa shape index (κ1) is 20.7.